The molecule has 4 nitrogen and oxygen atoms in total. The number of aromatic hydroxyl groups is 1. The molecule has 0 fully saturated rings. The lowest BCUT2D eigenvalue weighted by molar-refractivity contribution is 0.0981. The van der Waals surface area contributed by atoms with E-state index in [4.69, 9.17) is 15.6 Å². The minimum Gasteiger partial charge on any atom is -0.505 e. The molecule has 82 valence electrons. The molecule has 0 bridgehead atoms. The Balaban J connectivity index is 3.18. The van der Waals surface area contributed by atoms with Crippen LogP contribution in [-0.2, 0) is 0 Å². The monoisotopic (exact) mass is 213 g/mol. The lowest BCUT2D eigenvalue weighted by Crippen LogP contribution is -2.10. The van der Waals surface area contributed by atoms with Crippen LogP contribution < -0.4 is 10.5 Å². The fourth-order valence-electron chi connectivity index (χ4n) is 1.23. The summed E-state index contributed by atoms with van der Waals surface area (Å²) in [5.74, 6) is -2.03. The number of methoxy groups -OCH3 is 1. The number of nitrogens with two attached hydrogens (primary N) is 1. The third-order valence-electron chi connectivity index (χ3n) is 1.95. The van der Waals surface area contributed by atoms with E-state index in [1.165, 1.54) is 13.2 Å². The zero-order valence-corrected chi connectivity index (χ0v) is 8.29. The number of phenols is 1. The molecule has 15 heavy (non-hydrogen) atoms. The number of hydrogen-bond donors (Lipinski definition) is 2. The van der Waals surface area contributed by atoms with Gasteiger partial charge in [-0.25, -0.2) is 0 Å². The van der Waals surface area contributed by atoms with Gasteiger partial charge in [-0.2, -0.15) is 4.39 Å². The Labute approximate surface area is 86.5 Å². The van der Waals surface area contributed by atoms with Gasteiger partial charge in [-0.3, -0.25) is 4.79 Å². The Kier molecular flexibility index (Phi) is 3.62. The quantitative estimate of drug-likeness (QED) is 0.734. The van der Waals surface area contributed by atoms with E-state index in [2.05, 4.69) is 0 Å². The second kappa shape index (κ2) is 4.75. The topological polar surface area (TPSA) is 72.5 Å². The lowest BCUT2D eigenvalue weighted by atomic mass is 10.1. The molecule has 0 amide bonds. The summed E-state index contributed by atoms with van der Waals surface area (Å²) in [5.41, 5.74) is 5.32. The van der Waals surface area contributed by atoms with Crippen LogP contribution in [-0.4, -0.2) is 24.5 Å². The molecular formula is C10H12FNO3. The summed E-state index contributed by atoms with van der Waals surface area (Å²) in [6.45, 7) is 0.185. The average molecular weight is 213 g/mol. The van der Waals surface area contributed by atoms with Crippen LogP contribution in [0.5, 0.6) is 11.5 Å². The summed E-state index contributed by atoms with van der Waals surface area (Å²) in [4.78, 5) is 11.5. The third kappa shape index (κ3) is 2.24. The van der Waals surface area contributed by atoms with Gasteiger partial charge in [0.2, 0.25) is 5.82 Å². The van der Waals surface area contributed by atoms with Gasteiger partial charge < -0.3 is 15.6 Å². The summed E-state index contributed by atoms with van der Waals surface area (Å²) in [7, 11) is 1.23. The van der Waals surface area contributed by atoms with Crippen LogP contribution in [0.15, 0.2) is 12.1 Å². The van der Waals surface area contributed by atoms with Crippen molar-refractivity contribution in [2.75, 3.05) is 13.7 Å². The highest BCUT2D eigenvalue weighted by atomic mass is 19.1. The highest BCUT2D eigenvalue weighted by Gasteiger charge is 2.18. The highest BCUT2D eigenvalue weighted by molar-refractivity contribution is 5.99. The van der Waals surface area contributed by atoms with Gasteiger partial charge in [0.25, 0.3) is 0 Å². The Morgan fingerprint density at radius 2 is 2.27 bits per heavy atom. The van der Waals surface area contributed by atoms with E-state index < -0.39 is 11.6 Å². The normalized spacial score (nSPS) is 10.1. The van der Waals surface area contributed by atoms with E-state index >= 15 is 0 Å². The predicted molar refractivity (Wildman–Crippen MR) is 52.6 cm³/mol. The Morgan fingerprint density at radius 3 is 2.80 bits per heavy atom. The number of Topliss-reactive ketones (excluding diaryl/α,β-unsaturated/α-hetero) is 1. The van der Waals surface area contributed by atoms with Crippen molar-refractivity contribution in [2.24, 2.45) is 5.73 Å². The van der Waals surface area contributed by atoms with Crippen molar-refractivity contribution in [3.05, 3.63) is 23.5 Å². The summed E-state index contributed by atoms with van der Waals surface area (Å²) in [6.07, 6.45) is 0.112. The first-order chi connectivity index (χ1) is 7.11. The average Bonchev–Trinajstić information content (AvgIpc) is 2.22. The summed E-state index contributed by atoms with van der Waals surface area (Å²) in [6, 6.07) is 2.43. The van der Waals surface area contributed by atoms with Gasteiger partial charge in [0.05, 0.1) is 12.7 Å². The van der Waals surface area contributed by atoms with E-state index in [0.29, 0.717) is 0 Å². The summed E-state index contributed by atoms with van der Waals surface area (Å²) >= 11 is 0. The van der Waals surface area contributed by atoms with Crippen molar-refractivity contribution >= 4 is 5.78 Å². The SMILES string of the molecule is COc1c(C(=O)CCN)ccc(O)c1F. The lowest BCUT2D eigenvalue weighted by Gasteiger charge is -2.08. The van der Waals surface area contributed by atoms with Crippen molar-refractivity contribution in [2.45, 2.75) is 6.42 Å². The van der Waals surface area contributed by atoms with Crippen LogP contribution in [0.4, 0.5) is 4.39 Å². The summed E-state index contributed by atoms with van der Waals surface area (Å²) < 4.78 is 18.0. The molecule has 0 radical (unpaired) electrons. The second-order valence-corrected chi connectivity index (χ2v) is 2.94. The first-order valence-corrected chi connectivity index (χ1v) is 4.40. The number of halogens is 1. The number of carbonyl (C=O) groups is 1. The maximum Gasteiger partial charge on any atom is 0.207 e. The first kappa shape index (κ1) is 11.5. The molecule has 1 aromatic carbocycles. The van der Waals surface area contributed by atoms with E-state index in [-0.39, 0.29) is 30.1 Å². The highest BCUT2D eigenvalue weighted by Crippen LogP contribution is 2.30. The van der Waals surface area contributed by atoms with E-state index in [1.807, 2.05) is 0 Å². The maximum atomic E-state index is 13.3. The van der Waals surface area contributed by atoms with Gasteiger partial charge in [0, 0.05) is 6.42 Å². The van der Waals surface area contributed by atoms with Gasteiger partial charge in [-0.15, -0.1) is 0 Å². The van der Waals surface area contributed by atoms with Crippen LogP contribution in [0.2, 0.25) is 0 Å². The van der Waals surface area contributed by atoms with Crippen LogP contribution >= 0.6 is 0 Å². The molecule has 0 aromatic heterocycles. The molecule has 1 aromatic rings. The van der Waals surface area contributed by atoms with Crippen LogP contribution in [0, 0.1) is 5.82 Å². The molecular weight excluding hydrogens is 201 g/mol. The molecule has 1 rings (SSSR count). The number of rotatable bonds is 4. The minimum absolute atomic E-state index is 0.0956. The Hall–Kier alpha value is -1.62. The number of hydrogen-bond acceptors (Lipinski definition) is 4. The molecule has 0 spiro atoms. The number of ether oxygens (including phenoxy) is 1. The standard InChI is InChI=1S/C10H12FNO3/c1-15-10-6(7(13)4-5-12)2-3-8(14)9(10)11/h2-3,14H,4-5,12H2,1H3. The molecule has 0 saturated carbocycles. The zero-order chi connectivity index (χ0) is 11.4. The van der Waals surface area contributed by atoms with E-state index in [9.17, 15) is 9.18 Å². The number of ketones is 1. The van der Waals surface area contributed by atoms with Crippen molar-refractivity contribution < 1.29 is 19.0 Å². The fourth-order valence-corrected chi connectivity index (χ4v) is 1.23. The molecule has 3 N–H and O–H groups in total. The molecule has 0 aliphatic heterocycles. The molecule has 0 aliphatic rings. The van der Waals surface area contributed by atoms with Crippen LogP contribution in [0.25, 0.3) is 0 Å². The van der Waals surface area contributed by atoms with Crippen molar-refractivity contribution in [1.29, 1.82) is 0 Å². The number of benzene rings is 1. The van der Waals surface area contributed by atoms with E-state index in [1.54, 1.807) is 0 Å². The predicted octanol–water partition coefficient (Wildman–Crippen LogP) is 1.07. The zero-order valence-electron chi connectivity index (χ0n) is 8.29. The van der Waals surface area contributed by atoms with Gasteiger partial charge >= 0.3 is 0 Å². The maximum absolute atomic E-state index is 13.3. The first-order valence-electron chi connectivity index (χ1n) is 4.40. The minimum atomic E-state index is -0.930. The van der Waals surface area contributed by atoms with E-state index in [0.717, 1.165) is 6.07 Å². The second-order valence-electron chi connectivity index (χ2n) is 2.94. The number of phenolic OH excluding ortho intramolecular Hbond substituents is 1. The van der Waals surface area contributed by atoms with Crippen molar-refractivity contribution in [3.63, 3.8) is 0 Å². The van der Waals surface area contributed by atoms with Crippen molar-refractivity contribution in [1.82, 2.24) is 0 Å². The molecule has 0 unspecified atom stereocenters. The summed E-state index contributed by atoms with van der Waals surface area (Å²) in [5, 5.41) is 9.08. The van der Waals surface area contributed by atoms with Gasteiger partial charge in [0.1, 0.15) is 0 Å². The third-order valence-corrected chi connectivity index (χ3v) is 1.95. The molecule has 0 atom stereocenters. The van der Waals surface area contributed by atoms with Gasteiger partial charge in [-0.05, 0) is 18.7 Å². The molecule has 5 heteroatoms. The molecule has 0 heterocycles. The van der Waals surface area contributed by atoms with Crippen LogP contribution in [0.1, 0.15) is 16.8 Å². The van der Waals surface area contributed by atoms with Gasteiger partial charge in [0.15, 0.2) is 17.3 Å². The number of carbonyl (C=O) groups excluding carboxylic acids is 1. The van der Waals surface area contributed by atoms with Crippen LogP contribution in [0.3, 0.4) is 0 Å². The Bertz CT molecular complexity index is 379. The largest absolute Gasteiger partial charge is 0.505 e. The molecule has 0 saturated heterocycles. The van der Waals surface area contributed by atoms with Crippen molar-refractivity contribution in [3.8, 4) is 11.5 Å². The smallest absolute Gasteiger partial charge is 0.207 e. The van der Waals surface area contributed by atoms with Gasteiger partial charge in [-0.1, -0.05) is 0 Å². The molecule has 0 aliphatic carbocycles. The fraction of sp³-hybridized carbons (Fsp3) is 0.300. The Morgan fingerprint density at radius 1 is 1.60 bits per heavy atom.